The first-order valence-corrected chi connectivity index (χ1v) is 6.40. The maximum Gasteiger partial charge on any atom is 0.185 e. The van der Waals surface area contributed by atoms with Crippen molar-refractivity contribution in [2.45, 2.75) is 40.0 Å². The molecular weight excluding hydrogens is 224 g/mol. The fourth-order valence-electron chi connectivity index (χ4n) is 2.35. The smallest absolute Gasteiger partial charge is 0.185 e. The third kappa shape index (κ3) is 2.61. The predicted molar refractivity (Wildman–Crippen MR) is 72.2 cm³/mol. The Morgan fingerprint density at radius 2 is 2.06 bits per heavy atom. The van der Waals surface area contributed by atoms with Crippen molar-refractivity contribution >= 4 is 0 Å². The van der Waals surface area contributed by atoms with Gasteiger partial charge in [0.15, 0.2) is 5.76 Å². The number of aromatic nitrogens is 2. The second-order valence-electron chi connectivity index (χ2n) is 5.66. The van der Waals surface area contributed by atoms with Gasteiger partial charge in [0, 0.05) is 18.2 Å². The number of rotatable bonds is 3. The van der Waals surface area contributed by atoms with Gasteiger partial charge in [-0.15, -0.1) is 0 Å². The standard InChI is InChI=1S/C15H20N2O/c1-5-11(15(2,3)4)13-10-14(18-17-13)12-8-6-7-9-16-12/h6-11H,5H2,1-4H3. The molecule has 0 aliphatic rings. The van der Waals surface area contributed by atoms with E-state index in [2.05, 4.69) is 37.8 Å². The highest BCUT2D eigenvalue weighted by Crippen LogP contribution is 2.37. The summed E-state index contributed by atoms with van der Waals surface area (Å²) in [6.07, 6.45) is 2.82. The summed E-state index contributed by atoms with van der Waals surface area (Å²) in [5.41, 5.74) is 2.04. The molecule has 0 aliphatic carbocycles. The Hall–Kier alpha value is -1.64. The molecule has 2 heterocycles. The van der Waals surface area contributed by atoms with Crippen LogP contribution in [0.4, 0.5) is 0 Å². The Morgan fingerprint density at radius 1 is 1.28 bits per heavy atom. The van der Waals surface area contributed by atoms with Crippen molar-refractivity contribution in [3.8, 4) is 11.5 Å². The SMILES string of the molecule is CCC(c1cc(-c2ccccn2)on1)C(C)(C)C. The minimum Gasteiger partial charge on any atom is -0.354 e. The number of hydrogen-bond acceptors (Lipinski definition) is 3. The van der Waals surface area contributed by atoms with Gasteiger partial charge in [0.2, 0.25) is 0 Å². The zero-order chi connectivity index (χ0) is 13.2. The average Bonchev–Trinajstić information content (AvgIpc) is 2.78. The van der Waals surface area contributed by atoms with Gasteiger partial charge in [-0.1, -0.05) is 38.9 Å². The lowest BCUT2D eigenvalue weighted by Crippen LogP contribution is -2.17. The van der Waals surface area contributed by atoms with Gasteiger partial charge in [-0.2, -0.15) is 0 Å². The monoisotopic (exact) mass is 244 g/mol. The molecule has 0 aromatic carbocycles. The molecule has 3 heteroatoms. The molecular formula is C15H20N2O. The van der Waals surface area contributed by atoms with E-state index in [0.29, 0.717) is 5.92 Å². The van der Waals surface area contributed by atoms with Crippen molar-refractivity contribution < 1.29 is 4.52 Å². The highest BCUT2D eigenvalue weighted by atomic mass is 16.5. The van der Waals surface area contributed by atoms with Gasteiger partial charge in [0.05, 0.1) is 5.69 Å². The Balaban J connectivity index is 2.31. The summed E-state index contributed by atoms with van der Waals surface area (Å²) in [6.45, 7) is 8.88. The van der Waals surface area contributed by atoms with E-state index in [0.717, 1.165) is 23.6 Å². The van der Waals surface area contributed by atoms with E-state index >= 15 is 0 Å². The van der Waals surface area contributed by atoms with Crippen molar-refractivity contribution in [2.24, 2.45) is 5.41 Å². The molecule has 0 saturated heterocycles. The zero-order valence-electron chi connectivity index (χ0n) is 11.5. The van der Waals surface area contributed by atoms with Gasteiger partial charge < -0.3 is 4.52 Å². The molecule has 2 rings (SSSR count). The maximum atomic E-state index is 5.42. The molecule has 0 amide bonds. The summed E-state index contributed by atoms with van der Waals surface area (Å²) in [5, 5.41) is 4.22. The molecule has 18 heavy (non-hydrogen) atoms. The summed E-state index contributed by atoms with van der Waals surface area (Å²) in [7, 11) is 0. The van der Waals surface area contributed by atoms with Crippen molar-refractivity contribution in [1.82, 2.24) is 10.1 Å². The van der Waals surface area contributed by atoms with Crippen molar-refractivity contribution in [2.75, 3.05) is 0 Å². The molecule has 0 spiro atoms. The average molecular weight is 244 g/mol. The normalized spacial score (nSPS) is 13.6. The van der Waals surface area contributed by atoms with Crippen LogP contribution in [0.1, 0.15) is 45.7 Å². The Bertz CT molecular complexity index is 497. The highest BCUT2D eigenvalue weighted by Gasteiger charge is 2.27. The zero-order valence-corrected chi connectivity index (χ0v) is 11.5. The topological polar surface area (TPSA) is 38.9 Å². The molecule has 0 aliphatic heterocycles. The molecule has 0 fully saturated rings. The van der Waals surface area contributed by atoms with Crippen molar-refractivity contribution in [3.63, 3.8) is 0 Å². The Morgan fingerprint density at radius 3 is 2.61 bits per heavy atom. The van der Waals surface area contributed by atoms with Gasteiger partial charge in [-0.25, -0.2) is 0 Å². The summed E-state index contributed by atoms with van der Waals surface area (Å²) < 4.78 is 5.42. The van der Waals surface area contributed by atoms with Crippen molar-refractivity contribution in [3.05, 3.63) is 36.2 Å². The van der Waals surface area contributed by atoms with E-state index in [1.54, 1.807) is 6.20 Å². The highest BCUT2D eigenvalue weighted by molar-refractivity contribution is 5.51. The molecule has 1 unspecified atom stereocenters. The quantitative estimate of drug-likeness (QED) is 0.809. The predicted octanol–water partition coefficient (Wildman–Crippen LogP) is 4.28. The van der Waals surface area contributed by atoms with Crippen LogP contribution in [-0.2, 0) is 0 Å². The van der Waals surface area contributed by atoms with Crippen LogP contribution in [0.25, 0.3) is 11.5 Å². The molecule has 2 aromatic rings. The van der Waals surface area contributed by atoms with E-state index in [4.69, 9.17) is 4.52 Å². The fourth-order valence-corrected chi connectivity index (χ4v) is 2.35. The minimum atomic E-state index is 0.188. The summed E-state index contributed by atoms with van der Waals surface area (Å²) in [6, 6.07) is 7.79. The second kappa shape index (κ2) is 4.92. The molecule has 0 saturated carbocycles. The molecule has 2 aromatic heterocycles. The molecule has 0 bridgehead atoms. The van der Waals surface area contributed by atoms with Crippen LogP contribution in [-0.4, -0.2) is 10.1 Å². The Labute approximate surface area is 108 Å². The van der Waals surface area contributed by atoms with Crippen LogP contribution < -0.4 is 0 Å². The van der Waals surface area contributed by atoms with Crippen LogP contribution in [0.2, 0.25) is 0 Å². The van der Waals surface area contributed by atoms with Crippen LogP contribution in [0.15, 0.2) is 35.0 Å². The molecule has 96 valence electrons. The molecule has 3 nitrogen and oxygen atoms in total. The second-order valence-corrected chi connectivity index (χ2v) is 5.66. The van der Waals surface area contributed by atoms with E-state index in [1.165, 1.54) is 0 Å². The number of hydrogen-bond donors (Lipinski definition) is 0. The lowest BCUT2D eigenvalue weighted by molar-refractivity contribution is 0.294. The number of pyridine rings is 1. The van der Waals surface area contributed by atoms with Gasteiger partial charge in [-0.05, 0) is 24.0 Å². The fraction of sp³-hybridized carbons (Fsp3) is 0.467. The summed E-state index contributed by atoms with van der Waals surface area (Å²) >= 11 is 0. The minimum absolute atomic E-state index is 0.188. The largest absolute Gasteiger partial charge is 0.354 e. The van der Waals surface area contributed by atoms with Gasteiger partial charge in [0.1, 0.15) is 5.69 Å². The first-order valence-electron chi connectivity index (χ1n) is 6.40. The lowest BCUT2D eigenvalue weighted by Gasteiger charge is -2.27. The lowest BCUT2D eigenvalue weighted by atomic mass is 9.77. The van der Waals surface area contributed by atoms with E-state index in [9.17, 15) is 0 Å². The summed E-state index contributed by atoms with van der Waals surface area (Å²) in [4.78, 5) is 4.28. The first kappa shape index (κ1) is 12.8. The van der Waals surface area contributed by atoms with Crippen molar-refractivity contribution in [1.29, 1.82) is 0 Å². The molecule has 1 atom stereocenters. The maximum absolute atomic E-state index is 5.42. The van der Waals surface area contributed by atoms with E-state index < -0.39 is 0 Å². The van der Waals surface area contributed by atoms with Crippen LogP contribution >= 0.6 is 0 Å². The van der Waals surface area contributed by atoms with E-state index in [-0.39, 0.29) is 5.41 Å². The van der Waals surface area contributed by atoms with Gasteiger partial charge >= 0.3 is 0 Å². The third-order valence-electron chi connectivity index (χ3n) is 3.26. The molecule has 0 radical (unpaired) electrons. The number of nitrogens with zero attached hydrogens (tertiary/aromatic N) is 2. The summed E-state index contributed by atoms with van der Waals surface area (Å²) in [5.74, 6) is 1.15. The van der Waals surface area contributed by atoms with E-state index in [1.807, 2.05) is 24.3 Å². The van der Waals surface area contributed by atoms with Crippen LogP contribution in [0, 0.1) is 5.41 Å². The molecule has 0 N–H and O–H groups in total. The van der Waals surface area contributed by atoms with Gasteiger partial charge in [0.25, 0.3) is 0 Å². The Kier molecular flexibility index (Phi) is 3.50. The first-order chi connectivity index (χ1) is 8.52. The third-order valence-corrected chi connectivity index (χ3v) is 3.26. The van der Waals surface area contributed by atoms with Gasteiger partial charge in [-0.3, -0.25) is 4.98 Å². The van der Waals surface area contributed by atoms with Crippen LogP contribution in [0.3, 0.4) is 0 Å². The van der Waals surface area contributed by atoms with Crippen LogP contribution in [0.5, 0.6) is 0 Å².